The van der Waals surface area contributed by atoms with Gasteiger partial charge in [0.05, 0.1) is 7.14 Å². The number of carboxylic acids is 1. The second kappa shape index (κ2) is 3.81. The van der Waals surface area contributed by atoms with Gasteiger partial charge in [-0.15, -0.1) is 0 Å². The van der Waals surface area contributed by atoms with Crippen molar-refractivity contribution < 1.29 is 14.5 Å². The molecule has 5 heteroatoms. The van der Waals surface area contributed by atoms with Crippen LogP contribution in [0.4, 0.5) is 0 Å². The van der Waals surface area contributed by atoms with E-state index in [-0.39, 0.29) is 5.66 Å². The number of aliphatic carboxylic acids is 1. The highest BCUT2D eigenvalue weighted by Crippen LogP contribution is 2.47. The first kappa shape index (κ1) is 10.7. The molecule has 0 radical (unpaired) electrons. The average molecular weight is 205 g/mol. The summed E-state index contributed by atoms with van der Waals surface area (Å²) in [6.45, 7) is 4.14. The molecule has 2 unspecified atom stereocenters. The molecule has 0 amide bonds. The highest BCUT2D eigenvalue weighted by molar-refractivity contribution is 7.63. The average Bonchev–Trinajstić information content (AvgIpc) is 2.03. The van der Waals surface area contributed by atoms with E-state index in [1.54, 1.807) is 13.3 Å². The van der Waals surface area contributed by atoms with Crippen molar-refractivity contribution in [2.75, 3.05) is 19.9 Å². The Morgan fingerprint density at radius 2 is 2.15 bits per heavy atom. The summed E-state index contributed by atoms with van der Waals surface area (Å²) in [6.07, 6.45) is 1.33. The third-order valence-corrected chi connectivity index (χ3v) is 4.78. The van der Waals surface area contributed by atoms with Crippen LogP contribution in [0.1, 0.15) is 12.8 Å². The molecule has 0 aromatic rings. The number of nitrogens with one attached hydrogen (secondary N) is 1. The van der Waals surface area contributed by atoms with Crippen LogP contribution in [0, 0.1) is 0 Å². The van der Waals surface area contributed by atoms with Gasteiger partial charge in [0.25, 0.3) is 0 Å². The van der Waals surface area contributed by atoms with Crippen molar-refractivity contribution in [1.82, 2.24) is 5.32 Å². The fraction of sp³-hybridized carbons (Fsp3) is 0.875. The lowest BCUT2D eigenvalue weighted by atomic mass is 10.0. The quantitative estimate of drug-likeness (QED) is 0.655. The summed E-state index contributed by atoms with van der Waals surface area (Å²) >= 11 is 0. The lowest BCUT2D eigenvalue weighted by molar-refractivity contribution is -0.140. The molecular weight excluding hydrogens is 189 g/mol. The van der Waals surface area contributed by atoms with E-state index in [1.807, 2.05) is 0 Å². The van der Waals surface area contributed by atoms with Crippen LogP contribution in [0.5, 0.6) is 0 Å². The summed E-state index contributed by atoms with van der Waals surface area (Å²) in [6, 6.07) is -0.507. The first-order valence-electron chi connectivity index (χ1n) is 4.42. The molecule has 1 aliphatic heterocycles. The third kappa shape index (κ3) is 2.82. The molecule has 76 valence electrons. The molecule has 13 heavy (non-hydrogen) atoms. The van der Waals surface area contributed by atoms with E-state index in [1.165, 1.54) is 0 Å². The molecular formula is C8H16NO3P. The lowest BCUT2D eigenvalue weighted by Crippen LogP contribution is -2.45. The van der Waals surface area contributed by atoms with Gasteiger partial charge in [-0.1, -0.05) is 0 Å². The minimum absolute atomic E-state index is 0.0786. The Kier molecular flexibility index (Phi) is 3.14. The van der Waals surface area contributed by atoms with Crippen LogP contribution in [0.3, 0.4) is 0 Å². The molecule has 1 rings (SSSR count). The molecule has 2 N–H and O–H groups in total. The minimum Gasteiger partial charge on any atom is -0.480 e. The predicted molar refractivity (Wildman–Crippen MR) is 51.9 cm³/mol. The Morgan fingerprint density at radius 1 is 1.54 bits per heavy atom. The van der Waals surface area contributed by atoms with E-state index in [0.717, 1.165) is 6.42 Å². The van der Waals surface area contributed by atoms with Crippen molar-refractivity contribution in [2.45, 2.75) is 24.5 Å². The van der Waals surface area contributed by atoms with Gasteiger partial charge in [0.1, 0.15) is 6.04 Å². The molecule has 4 nitrogen and oxygen atoms in total. The summed E-state index contributed by atoms with van der Waals surface area (Å²) in [5.41, 5.74) is 0.0786. The van der Waals surface area contributed by atoms with Gasteiger partial charge < -0.3 is 15.0 Å². The molecule has 1 heterocycles. The summed E-state index contributed by atoms with van der Waals surface area (Å²) in [4.78, 5) is 10.7. The van der Waals surface area contributed by atoms with Crippen molar-refractivity contribution in [1.29, 1.82) is 0 Å². The topological polar surface area (TPSA) is 66.4 Å². The summed E-state index contributed by atoms with van der Waals surface area (Å²) < 4.78 is 11.7. The zero-order chi connectivity index (χ0) is 10.1. The van der Waals surface area contributed by atoms with Gasteiger partial charge in [0.15, 0.2) is 0 Å². The van der Waals surface area contributed by atoms with Gasteiger partial charge >= 0.3 is 5.97 Å². The van der Waals surface area contributed by atoms with Crippen molar-refractivity contribution in [3.05, 3.63) is 0 Å². The summed E-state index contributed by atoms with van der Waals surface area (Å²) in [5.74, 6) is -0.835. The van der Waals surface area contributed by atoms with Crippen molar-refractivity contribution in [3.63, 3.8) is 0 Å². The first-order valence-corrected chi connectivity index (χ1v) is 7.09. The predicted octanol–water partition coefficient (Wildman–Crippen LogP) is 0.814. The maximum atomic E-state index is 11.7. The van der Waals surface area contributed by atoms with Crippen LogP contribution in [-0.2, 0) is 9.36 Å². The molecule has 0 bridgehead atoms. The Hall–Kier alpha value is -0.340. The van der Waals surface area contributed by atoms with Crippen LogP contribution < -0.4 is 5.32 Å². The fourth-order valence-corrected chi connectivity index (χ4v) is 3.12. The summed E-state index contributed by atoms with van der Waals surface area (Å²) in [7, 11) is -2.12. The van der Waals surface area contributed by atoms with Gasteiger partial charge in [-0.3, -0.25) is 4.79 Å². The van der Waals surface area contributed by atoms with Crippen LogP contribution in [0.25, 0.3) is 0 Å². The Bertz CT molecular complexity index is 248. The van der Waals surface area contributed by atoms with E-state index in [9.17, 15) is 9.36 Å². The van der Waals surface area contributed by atoms with E-state index in [2.05, 4.69) is 5.32 Å². The van der Waals surface area contributed by atoms with E-state index < -0.39 is 19.2 Å². The molecule has 1 fully saturated rings. The Morgan fingerprint density at radius 3 is 2.62 bits per heavy atom. The van der Waals surface area contributed by atoms with E-state index in [0.29, 0.717) is 13.0 Å². The second-order valence-electron chi connectivity index (χ2n) is 3.96. The van der Waals surface area contributed by atoms with Crippen molar-refractivity contribution >= 4 is 13.1 Å². The monoisotopic (exact) mass is 205 g/mol. The van der Waals surface area contributed by atoms with Crippen LogP contribution >= 0.6 is 7.14 Å². The Labute approximate surface area is 78.1 Å². The molecule has 0 saturated carbocycles. The van der Waals surface area contributed by atoms with Gasteiger partial charge in [-0.25, -0.2) is 0 Å². The van der Waals surface area contributed by atoms with E-state index >= 15 is 0 Å². The number of piperidine rings is 1. The number of carboxylic acid groups (broad SMARTS) is 1. The van der Waals surface area contributed by atoms with E-state index in [4.69, 9.17) is 5.11 Å². The Balaban J connectivity index is 2.62. The van der Waals surface area contributed by atoms with Gasteiger partial charge in [0, 0.05) is 5.66 Å². The minimum atomic E-state index is -2.12. The SMILES string of the molecule is CP(C)(=O)C1CCNC(C(=O)O)C1. The highest BCUT2D eigenvalue weighted by Gasteiger charge is 2.32. The molecule has 0 aliphatic carbocycles. The zero-order valence-electron chi connectivity index (χ0n) is 7.99. The number of hydrogen-bond acceptors (Lipinski definition) is 3. The fourth-order valence-electron chi connectivity index (χ4n) is 1.65. The van der Waals surface area contributed by atoms with Crippen LogP contribution in [0.2, 0.25) is 0 Å². The van der Waals surface area contributed by atoms with Gasteiger partial charge in [-0.2, -0.15) is 0 Å². The largest absolute Gasteiger partial charge is 0.480 e. The molecule has 0 aromatic heterocycles. The molecule has 1 saturated heterocycles. The maximum absolute atomic E-state index is 11.7. The maximum Gasteiger partial charge on any atom is 0.320 e. The number of hydrogen-bond donors (Lipinski definition) is 2. The number of carbonyl (C=O) groups is 1. The first-order chi connectivity index (χ1) is 5.91. The molecule has 0 spiro atoms. The van der Waals surface area contributed by atoms with Gasteiger partial charge in [-0.05, 0) is 32.7 Å². The smallest absolute Gasteiger partial charge is 0.320 e. The van der Waals surface area contributed by atoms with Crippen molar-refractivity contribution in [3.8, 4) is 0 Å². The molecule has 2 atom stereocenters. The molecule has 1 aliphatic rings. The second-order valence-corrected chi connectivity index (χ2v) is 7.56. The standard InChI is InChI=1S/C8H16NO3P/c1-13(2,12)6-3-4-9-7(5-6)8(10)11/h6-7,9H,3-5H2,1-2H3,(H,10,11). The normalized spacial score (nSPS) is 30.0. The zero-order valence-corrected chi connectivity index (χ0v) is 8.88. The van der Waals surface area contributed by atoms with Gasteiger partial charge in [0.2, 0.25) is 0 Å². The number of rotatable bonds is 2. The van der Waals surface area contributed by atoms with Crippen LogP contribution in [0.15, 0.2) is 0 Å². The molecule has 0 aromatic carbocycles. The van der Waals surface area contributed by atoms with Crippen LogP contribution in [-0.4, -0.2) is 42.7 Å². The third-order valence-electron chi connectivity index (χ3n) is 2.55. The summed E-state index contributed by atoms with van der Waals surface area (Å²) in [5, 5.41) is 11.7. The highest BCUT2D eigenvalue weighted by atomic mass is 31.2. The lowest BCUT2D eigenvalue weighted by Gasteiger charge is -2.30. The van der Waals surface area contributed by atoms with Crippen molar-refractivity contribution in [2.24, 2.45) is 0 Å².